The molecule has 5 nitrogen and oxygen atoms in total. The van der Waals surface area contributed by atoms with Gasteiger partial charge in [0.05, 0.1) is 19.2 Å². The second kappa shape index (κ2) is 4.45. The summed E-state index contributed by atoms with van der Waals surface area (Å²) in [6, 6.07) is 5.47. The fraction of sp³-hybridized carbons (Fsp3) is 0.333. The molecule has 5 heteroatoms. The van der Waals surface area contributed by atoms with Crippen LogP contribution in [0, 0.1) is 6.92 Å². The number of rotatable bonds is 2. The number of methoxy groups -OCH3 is 1. The van der Waals surface area contributed by atoms with Gasteiger partial charge >= 0.3 is 5.97 Å². The lowest BCUT2D eigenvalue weighted by Gasteiger charge is -2.25. The van der Waals surface area contributed by atoms with Crippen molar-refractivity contribution in [3.05, 3.63) is 23.8 Å². The maximum absolute atomic E-state index is 11.6. The molecule has 0 aromatic heterocycles. The van der Waals surface area contributed by atoms with E-state index in [2.05, 4.69) is 10.1 Å². The molecule has 1 aliphatic rings. The van der Waals surface area contributed by atoms with Crippen LogP contribution in [0.4, 0.5) is 5.69 Å². The lowest BCUT2D eigenvalue weighted by Crippen LogP contribution is -2.38. The van der Waals surface area contributed by atoms with Gasteiger partial charge in [-0.05, 0) is 24.6 Å². The molecular formula is C12H13NO4. The van der Waals surface area contributed by atoms with E-state index in [1.165, 1.54) is 7.11 Å². The third-order valence-corrected chi connectivity index (χ3v) is 2.54. The van der Waals surface area contributed by atoms with Crippen LogP contribution in [0.1, 0.15) is 12.0 Å². The Kier molecular flexibility index (Phi) is 2.99. The lowest BCUT2D eigenvalue weighted by molar-refractivity contribution is -0.145. The second-order valence-electron chi connectivity index (χ2n) is 3.88. The van der Waals surface area contributed by atoms with Crippen LogP contribution in [0.2, 0.25) is 0 Å². The molecule has 90 valence electrons. The SMILES string of the molecule is COC(=O)C[C@@H]1Oc2cc(C)ccc2NC1=O. The first kappa shape index (κ1) is 11.4. The molecule has 1 N–H and O–H groups in total. The summed E-state index contributed by atoms with van der Waals surface area (Å²) < 4.78 is 10.00. The van der Waals surface area contributed by atoms with Crippen molar-refractivity contribution in [1.29, 1.82) is 0 Å². The van der Waals surface area contributed by atoms with Gasteiger partial charge in [0.15, 0.2) is 6.10 Å². The van der Waals surface area contributed by atoms with E-state index in [9.17, 15) is 9.59 Å². The molecule has 17 heavy (non-hydrogen) atoms. The Morgan fingerprint density at radius 3 is 3.00 bits per heavy atom. The van der Waals surface area contributed by atoms with E-state index in [1.807, 2.05) is 19.1 Å². The van der Waals surface area contributed by atoms with Gasteiger partial charge in [-0.2, -0.15) is 0 Å². The zero-order chi connectivity index (χ0) is 12.4. The zero-order valence-corrected chi connectivity index (χ0v) is 9.65. The first-order valence-electron chi connectivity index (χ1n) is 5.25. The zero-order valence-electron chi connectivity index (χ0n) is 9.65. The van der Waals surface area contributed by atoms with Gasteiger partial charge in [-0.3, -0.25) is 9.59 Å². The molecule has 1 aromatic carbocycles. The van der Waals surface area contributed by atoms with E-state index in [0.717, 1.165) is 5.56 Å². The third-order valence-electron chi connectivity index (χ3n) is 2.54. The number of hydrogen-bond acceptors (Lipinski definition) is 4. The van der Waals surface area contributed by atoms with Crippen LogP contribution in [0.5, 0.6) is 5.75 Å². The van der Waals surface area contributed by atoms with Crippen molar-refractivity contribution >= 4 is 17.6 Å². The Hall–Kier alpha value is -2.04. The van der Waals surface area contributed by atoms with Gasteiger partial charge in [-0.1, -0.05) is 6.07 Å². The maximum atomic E-state index is 11.6. The highest BCUT2D eigenvalue weighted by Crippen LogP contribution is 2.31. The fourth-order valence-electron chi connectivity index (χ4n) is 1.62. The van der Waals surface area contributed by atoms with Crippen molar-refractivity contribution in [2.45, 2.75) is 19.4 Å². The predicted octanol–water partition coefficient (Wildman–Crippen LogP) is 1.26. The highest BCUT2D eigenvalue weighted by atomic mass is 16.5. The molecule has 1 aliphatic heterocycles. The maximum Gasteiger partial charge on any atom is 0.309 e. The number of aryl methyl sites for hydroxylation is 1. The number of benzene rings is 1. The summed E-state index contributed by atoms with van der Waals surface area (Å²) >= 11 is 0. The van der Waals surface area contributed by atoms with Gasteiger partial charge in [0.25, 0.3) is 5.91 Å². The summed E-state index contributed by atoms with van der Waals surface area (Å²) in [5.74, 6) is -0.216. The van der Waals surface area contributed by atoms with Crippen LogP contribution in [0.15, 0.2) is 18.2 Å². The Morgan fingerprint density at radius 1 is 1.53 bits per heavy atom. The molecule has 0 bridgehead atoms. The summed E-state index contributed by atoms with van der Waals surface area (Å²) in [6.07, 6.45) is -0.910. The highest BCUT2D eigenvalue weighted by Gasteiger charge is 2.29. The number of nitrogens with one attached hydrogen (secondary N) is 1. The van der Waals surface area contributed by atoms with Crippen molar-refractivity contribution in [1.82, 2.24) is 0 Å². The Balaban J connectivity index is 2.19. The molecule has 1 aromatic rings. The molecule has 0 unspecified atom stereocenters. The molecule has 0 spiro atoms. The third kappa shape index (κ3) is 2.38. The van der Waals surface area contributed by atoms with Crippen LogP contribution in [-0.2, 0) is 14.3 Å². The van der Waals surface area contributed by atoms with Crippen LogP contribution in [0.25, 0.3) is 0 Å². The molecule has 0 saturated carbocycles. The van der Waals surface area contributed by atoms with Gasteiger partial charge in [0.2, 0.25) is 0 Å². The topological polar surface area (TPSA) is 64.6 Å². The van der Waals surface area contributed by atoms with Gasteiger partial charge < -0.3 is 14.8 Å². The molecule has 0 aliphatic carbocycles. The number of ether oxygens (including phenoxy) is 2. The van der Waals surface area contributed by atoms with Crippen LogP contribution in [-0.4, -0.2) is 25.1 Å². The highest BCUT2D eigenvalue weighted by molar-refractivity contribution is 5.99. The van der Waals surface area contributed by atoms with Gasteiger partial charge in [0.1, 0.15) is 5.75 Å². The normalized spacial score (nSPS) is 17.8. The minimum absolute atomic E-state index is 0.0876. The number of esters is 1. The smallest absolute Gasteiger partial charge is 0.309 e. The summed E-state index contributed by atoms with van der Waals surface area (Å²) in [5, 5.41) is 2.69. The van der Waals surface area contributed by atoms with E-state index < -0.39 is 12.1 Å². The van der Waals surface area contributed by atoms with Crippen molar-refractivity contribution in [3.8, 4) is 5.75 Å². The molecule has 0 radical (unpaired) electrons. The Bertz CT molecular complexity index is 470. The van der Waals surface area contributed by atoms with Crippen molar-refractivity contribution in [3.63, 3.8) is 0 Å². The number of carbonyl (C=O) groups excluding carboxylic acids is 2. The molecule has 0 fully saturated rings. The first-order valence-corrected chi connectivity index (χ1v) is 5.25. The van der Waals surface area contributed by atoms with Gasteiger partial charge in [-0.25, -0.2) is 0 Å². The van der Waals surface area contributed by atoms with Gasteiger partial charge in [-0.15, -0.1) is 0 Å². The quantitative estimate of drug-likeness (QED) is 0.784. The van der Waals surface area contributed by atoms with E-state index in [1.54, 1.807) is 6.07 Å². The monoisotopic (exact) mass is 235 g/mol. The van der Waals surface area contributed by atoms with Crippen molar-refractivity contribution in [2.75, 3.05) is 12.4 Å². The fourth-order valence-corrected chi connectivity index (χ4v) is 1.62. The van der Waals surface area contributed by atoms with E-state index >= 15 is 0 Å². The predicted molar refractivity (Wildman–Crippen MR) is 60.9 cm³/mol. The average Bonchev–Trinajstić information content (AvgIpc) is 2.30. The second-order valence-corrected chi connectivity index (χ2v) is 3.88. The molecule has 0 saturated heterocycles. The Labute approximate surface area is 98.7 Å². The van der Waals surface area contributed by atoms with Crippen LogP contribution in [0.3, 0.4) is 0 Å². The number of carbonyl (C=O) groups is 2. The summed E-state index contributed by atoms with van der Waals surface area (Å²) in [6.45, 7) is 1.93. The van der Waals surface area contributed by atoms with E-state index in [0.29, 0.717) is 11.4 Å². The van der Waals surface area contributed by atoms with E-state index in [4.69, 9.17) is 4.74 Å². The summed E-state index contributed by atoms with van der Waals surface area (Å²) in [5.41, 5.74) is 1.65. The average molecular weight is 235 g/mol. The van der Waals surface area contributed by atoms with Gasteiger partial charge in [0, 0.05) is 0 Å². The van der Waals surface area contributed by atoms with Crippen molar-refractivity contribution < 1.29 is 19.1 Å². The van der Waals surface area contributed by atoms with E-state index in [-0.39, 0.29) is 12.3 Å². The number of fused-ring (bicyclic) bond motifs is 1. The van der Waals surface area contributed by atoms with Crippen LogP contribution >= 0.6 is 0 Å². The van der Waals surface area contributed by atoms with Crippen LogP contribution < -0.4 is 10.1 Å². The molecule has 2 rings (SSSR count). The number of amides is 1. The Morgan fingerprint density at radius 2 is 2.29 bits per heavy atom. The minimum atomic E-state index is -0.822. The lowest BCUT2D eigenvalue weighted by atomic mass is 10.1. The molecule has 1 heterocycles. The summed E-state index contributed by atoms with van der Waals surface area (Å²) in [4.78, 5) is 22.8. The number of anilines is 1. The van der Waals surface area contributed by atoms with Crippen molar-refractivity contribution in [2.24, 2.45) is 0 Å². The summed E-state index contributed by atoms with van der Waals surface area (Å²) in [7, 11) is 1.28. The standard InChI is InChI=1S/C12H13NO4/c1-7-3-4-8-9(5-7)17-10(12(15)13-8)6-11(14)16-2/h3-5,10H,6H2,1-2H3,(H,13,15)/t10-/m0/s1. The first-order chi connectivity index (χ1) is 8.10. The molecule has 1 atom stereocenters. The molecule has 1 amide bonds. The largest absolute Gasteiger partial charge is 0.478 e. The minimum Gasteiger partial charge on any atom is -0.478 e. The molecular weight excluding hydrogens is 222 g/mol. The number of hydrogen-bond donors (Lipinski definition) is 1.